The average Bonchev–Trinajstić information content (AvgIpc) is 1.57. The van der Waals surface area contributed by atoms with Gasteiger partial charge in [-0.15, -0.1) is 23.3 Å². The molecule has 0 spiro atoms. The van der Waals surface area contributed by atoms with Gasteiger partial charge in [-0.25, -0.2) is 0 Å². The summed E-state index contributed by atoms with van der Waals surface area (Å²) in [5, 5.41) is 2.03. The Balaban J connectivity index is 0.000000338. The largest absolute Gasteiger partial charge is 2.00 e. The number of alkyl halides is 2. The quantitative estimate of drug-likeness (QED) is 0.0165. The third-order valence-corrected chi connectivity index (χ3v) is 26.1. The first kappa shape index (κ1) is 103. The number of halogens is 6. The van der Waals surface area contributed by atoms with Gasteiger partial charge in [-0.2, -0.15) is 42.5 Å². The molecule has 12 rings (SSSR count). The van der Waals surface area contributed by atoms with Gasteiger partial charge in [0.25, 0.3) is 0 Å². The number of fused-ring (bicyclic) bond motifs is 6. The molecule has 0 saturated heterocycles. The van der Waals surface area contributed by atoms with Gasteiger partial charge >= 0.3 is 46.1 Å². The summed E-state index contributed by atoms with van der Waals surface area (Å²) in [6, 6.07) is 86.3. The Kier molecular flexibility index (Phi) is 47.5. The topological polar surface area (TPSA) is 24.9 Å². The number of unbranched alkanes of at least 4 members (excludes halogenated alkanes) is 6. The van der Waals surface area contributed by atoms with Gasteiger partial charge in [-0.3, -0.25) is 0 Å². The van der Waals surface area contributed by atoms with Crippen molar-refractivity contribution in [2.45, 2.75) is 242 Å². The van der Waals surface area contributed by atoms with Crippen molar-refractivity contribution in [2.24, 2.45) is 23.7 Å². The zero-order chi connectivity index (χ0) is 79.2. The van der Waals surface area contributed by atoms with Crippen LogP contribution in [0.15, 0.2) is 227 Å². The summed E-state index contributed by atoms with van der Waals surface area (Å²) < 4.78 is 14.2. The fourth-order valence-corrected chi connectivity index (χ4v) is 19.0. The normalized spacial score (nSPS) is 14.8. The van der Waals surface area contributed by atoms with Crippen LogP contribution in [0.1, 0.15) is 250 Å². The molecule has 10 aromatic carbocycles. The Morgan fingerprint density at radius 3 is 1.10 bits per heavy atom. The van der Waals surface area contributed by atoms with E-state index in [0.717, 1.165) is 111 Å². The molecule has 2 aliphatic rings. The fourth-order valence-electron chi connectivity index (χ4n) is 17.6. The molecule has 0 fully saturated rings. The van der Waals surface area contributed by atoms with E-state index in [2.05, 4.69) is 349 Å². The van der Waals surface area contributed by atoms with Gasteiger partial charge in [0.1, 0.15) is 11.5 Å². The summed E-state index contributed by atoms with van der Waals surface area (Å²) in [7, 11) is 0. The van der Waals surface area contributed by atoms with E-state index < -0.39 is 0 Å². The van der Waals surface area contributed by atoms with Gasteiger partial charge in [0.2, 0.25) is 0 Å². The standard InChI is InChI=1S/C53H66BrNO.C29H40Br.C22H20Br2NO.CH4.2BrH.2Mg/c1-7-11-15-41(9-3)37-53(38-42(10-4)16-12-8-2)51-35-40(6)19-31-49(51)50-32-22-44(36-52(50)53)43-20-25-46(26-21-43)55(45-23-17-39(5)18-24-45)47-27-29-48(30-28-47)56-34-14-13-33-54;1-5-9-13-22(7-3)20-29(21-23(8-4)14-10-6-2)27-16-12-11-15-25(27)26-18-17-24(30)19-28(26)29;23-16-4-5-17-26-22-14-12-21(13-15-22)25(19-6-2-1-3-7-19)20-10-8-18(24)9-11-20;;;;;/h17-32,35-36,41-42H,7-16,33-34,37-38H2,1-6H3;11,15-19,22-23H,5-10,13-14,20-21H2,1-4H3;2-3,6-15H,4-5,16-17H2;1H4;2*1H;;/q;2*-1;;;;2*+2/p-2. The van der Waals surface area contributed by atoms with Gasteiger partial charge in [0.15, 0.2) is 0 Å². The van der Waals surface area contributed by atoms with Crippen LogP contribution in [0, 0.1) is 49.7 Å². The van der Waals surface area contributed by atoms with Crippen LogP contribution in [0.3, 0.4) is 0 Å². The molecule has 0 aliphatic heterocycles. The van der Waals surface area contributed by atoms with E-state index in [4.69, 9.17) is 9.47 Å². The minimum absolute atomic E-state index is 0. The number of anilines is 6. The van der Waals surface area contributed by atoms with Crippen LogP contribution in [0.5, 0.6) is 11.5 Å². The van der Waals surface area contributed by atoms with E-state index in [0.29, 0.717) is 11.8 Å². The molecule has 0 amide bonds. The first-order valence-corrected chi connectivity index (χ1v) is 46.7. The molecule has 0 saturated carbocycles. The molecule has 4 nitrogen and oxygen atoms in total. The fraction of sp³-hybridized carbons (Fsp3) is 0.429. The van der Waals surface area contributed by atoms with E-state index in [1.165, 1.54) is 177 Å². The summed E-state index contributed by atoms with van der Waals surface area (Å²) in [4.78, 5) is 4.57. The van der Waals surface area contributed by atoms with Gasteiger partial charge in [0, 0.05) is 53.5 Å². The molecular weight excluding hydrogens is 1850 g/mol. The summed E-state index contributed by atoms with van der Waals surface area (Å²) in [6.07, 6.45) is 30.2. The van der Waals surface area contributed by atoms with Gasteiger partial charge in [-0.1, -0.05) is 307 Å². The molecule has 0 heterocycles. The number of nitrogens with zero attached hydrogens (tertiary/aromatic N) is 2. The monoisotopic (exact) mass is 1970 g/mol. The average molecular weight is 1980 g/mol. The Labute approximate surface area is 795 Å². The van der Waals surface area contributed by atoms with Crippen molar-refractivity contribution >= 4 is 144 Å². The van der Waals surface area contributed by atoms with Crippen LogP contribution in [0.25, 0.3) is 33.4 Å². The minimum Gasteiger partial charge on any atom is -1.00 e. The van der Waals surface area contributed by atoms with Crippen LogP contribution in [-0.2, 0) is 10.8 Å². The minimum atomic E-state index is 0. The Morgan fingerprint density at radius 1 is 0.342 bits per heavy atom. The van der Waals surface area contributed by atoms with Crippen LogP contribution in [-0.4, -0.2) is 70.0 Å². The van der Waals surface area contributed by atoms with Crippen LogP contribution >= 0.6 is 63.7 Å². The predicted molar refractivity (Wildman–Crippen MR) is 516 cm³/mol. The van der Waals surface area contributed by atoms with E-state index in [1.807, 2.05) is 24.3 Å². The van der Waals surface area contributed by atoms with Crippen LogP contribution in [0.2, 0.25) is 0 Å². The summed E-state index contributed by atoms with van der Waals surface area (Å²) in [6.45, 7) is 24.9. The molecule has 0 N–H and O–H groups in total. The molecule has 4 unspecified atom stereocenters. The summed E-state index contributed by atoms with van der Waals surface area (Å²) in [5.74, 6) is 4.82. The molecule has 4 atom stereocenters. The van der Waals surface area contributed by atoms with E-state index in [1.54, 1.807) is 22.3 Å². The first-order chi connectivity index (χ1) is 54.7. The second-order valence-electron chi connectivity index (χ2n) is 31.9. The van der Waals surface area contributed by atoms with Gasteiger partial charge < -0.3 is 53.2 Å². The molecule has 12 heteroatoms. The summed E-state index contributed by atoms with van der Waals surface area (Å²) in [5.41, 5.74) is 24.2. The maximum atomic E-state index is 6.06. The van der Waals surface area contributed by atoms with Crippen molar-refractivity contribution in [1.82, 2.24) is 0 Å². The SMILES string of the molecule is BrCCCCOc1ccc(N(c2cc[c-]cc2)c2ccc(Br)cc2)cc1.C.CCCCC(CC)CC1(CC(CC)CCCC)c2c[c-]ccc2-c2ccc(Br)cc21.CCCCC(CC)CC1(CC(CC)CCCC)c2cc(C)ccc2-c2ccc(-c3ccc(N(c4ccc(C)cc4)c4ccc(OCCCCBr)cc4)cc3)cc21.[Br-].[Br-].[Mg+2].[Mg+2]. The zero-order valence-electron chi connectivity index (χ0n) is 71.3. The van der Waals surface area contributed by atoms with Crippen molar-refractivity contribution < 1.29 is 43.4 Å². The Morgan fingerprint density at radius 2 is 0.675 bits per heavy atom. The maximum absolute atomic E-state index is 6.06. The number of aryl methyl sites for hydroxylation is 2. The number of rotatable bonds is 41. The molecular formula is C105H130Br6Mg2N2O2. The number of benzene rings is 10. The van der Waals surface area contributed by atoms with Gasteiger partial charge in [-0.05, 0) is 254 Å². The van der Waals surface area contributed by atoms with Crippen molar-refractivity contribution in [3.63, 3.8) is 0 Å². The third-order valence-electron chi connectivity index (χ3n) is 24.0. The molecule has 10 aromatic rings. The van der Waals surface area contributed by atoms with Crippen molar-refractivity contribution in [3.05, 3.63) is 273 Å². The molecule has 2 aliphatic carbocycles. The maximum Gasteiger partial charge on any atom is 2.00 e. The Bertz CT molecular complexity index is 4390. The van der Waals surface area contributed by atoms with Crippen LogP contribution in [0.4, 0.5) is 34.1 Å². The predicted octanol–water partition coefficient (Wildman–Crippen LogP) is 27.4. The molecule has 0 bridgehead atoms. The van der Waals surface area contributed by atoms with Crippen molar-refractivity contribution in [1.29, 1.82) is 0 Å². The van der Waals surface area contributed by atoms with E-state index in [9.17, 15) is 0 Å². The third kappa shape index (κ3) is 27.9. The zero-order valence-corrected chi connectivity index (χ0v) is 83.6. The molecule has 0 aromatic heterocycles. The first-order valence-electron chi connectivity index (χ1n) is 42.8. The smallest absolute Gasteiger partial charge is 1.00 e. The van der Waals surface area contributed by atoms with Crippen molar-refractivity contribution in [3.8, 4) is 44.9 Å². The van der Waals surface area contributed by atoms with Gasteiger partial charge in [0.05, 0.1) is 13.2 Å². The molecule has 117 heavy (non-hydrogen) atoms. The Hall–Kier alpha value is -4.19. The van der Waals surface area contributed by atoms with Crippen LogP contribution < -0.4 is 53.2 Å². The van der Waals surface area contributed by atoms with E-state index in [-0.39, 0.29) is 98.3 Å². The molecule has 618 valence electrons. The second-order valence-corrected chi connectivity index (χ2v) is 35.3. The van der Waals surface area contributed by atoms with Crippen molar-refractivity contribution in [2.75, 3.05) is 33.7 Å². The number of ether oxygens (including phenoxy) is 2. The number of hydrogen-bond acceptors (Lipinski definition) is 4. The second kappa shape index (κ2) is 53.8. The van der Waals surface area contributed by atoms with E-state index >= 15 is 0 Å². The number of hydrogen-bond donors (Lipinski definition) is 0. The molecule has 0 radical (unpaired) electrons. The summed E-state index contributed by atoms with van der Waals surface area (Å²) >= 11 is 14.3.